The average Bonchev–Trinajstić information content (AvgIpc) is 2.52. The van der Waals surface area contributed by atoms with Crippen molar-refractivity contribution in [1.29, 1.82) is 0 Å². The lowest BCUT2D eigenvalue weighted by atomic mass is 10.1. The van der Waals surface area contributed by atoms with Gasteiger partial charge in [0.1, 0.15) is 5.75 Å². The minimum absolute atomic E-state index is 0.733. The number of aromatic nitrogens is 1. The third-order valence-corrected chi connectivity index (χ3v) is 3.88. The van der Waals surface area contributed by atoms with Gasteiger partial charge in [-0.05, 0) is 55.0 Å². The van der Waals surface area contributed by atoms with Gasteiger partial charge in [-0.3, -0.25) is 4.98 Å². The Bertz CT molecular complexity index is 785. The molecule has 0 amide bonds. The van der Waals surface area contributed by atoms with Crippen LogP contribution in [0.5, 0.6) is 5.75 Å². The fraction of sp³-hybridized carbons (Fsp3) is 0.118. The number of ether oxygens (including phenoxy) is 1. The minimum atomic E-state index is 0.733. The van der Waals surface area contributed by atoms with Gasteiger partial charge in [0.15, 0.2) is 0 Å². The minimum Gasteiger partial charge on any atom is -0.497 e. The van der Waals surface area contributed by atoms with Crippen LogP contribution in [0.1, 0.15) is 5.56 Å². The molecule has 0 aliphatic carbocycles. The number of rotatable bonds is 3. The van der Waals surface area contributed by atoms with Crippen LogP contribution < -0.4 is 10.1 Å². The quantitative estimate of drug-likeness (QED) is 0.743. The van der Waals surface area contributed by atoms with E-state index in [1.165, 1.54) is 0 Å². The maximum atomic E-state index is 6.16. The number of anilines is 2. The number of methoxy groups -OCH3 is 1. The lowest BCUT2D eigenvalue weighted by Crippen LogP contribution is -1.94. The molecule has 106 valence electrons. The first-order chi connectivity index (χ1) is 10.2. The number of benzene rings is 2. The van der Waals surface area contributed by atoms with Gasteiger partial charge in [-0.15, -0.1) is 0 Å². The van der Waals surface area contributed by atoms with Gasteiger partial charge in [0.05, 0.1) is 12.6 Å². The van der Waals surface area contributed by atoms with E-state index in [1.54, 1.807) is 13.3 Å². The monoisotopic (exact) mass is 298 g/mol. The summed E-state index contributed by atoms with van der Waals surface area (Å²) >= 11 is 6.16. The molecule has 3 aromatic rings. The van der Waals surface area contributed by atoms with Crippen LogP contribution in [-0.4, -0.2) is 12.1 Å². The predicted molar refractivity (Wildman–Crippen MR) is 87.8 cm³/mol. The molecule has 0 spiro atoms. The van der Waals surface area contributed by atoms with Crippen LogP contribution in [0.4, 0.5) is 11.4 Å². The maximum absolute atomic E-state index is 6.16. The van der Waals surface area contributed by atoms with Crippen molar-refractivity contribution in [1.82, 2.24) is 4.98 Å². The third-order valence-electron chi connectivity index (χ3n) is 3.47. The Morgan fingerprint density at radius 3 is 2.52 bits per heavy atom. The lowest BCUT2D eigenvalue weighted by Gasteiger charge is -2.11. The number of nitrogens with zero attached hydrogens (tertiary/aromatic N) is 1. The van der Waals surface area contributed by atoms with E-state index in [4.69, 9.17) is 16.3 Å². The fourth-order valence-corrected chi connectivity index (χ4v) is 2.43. The second kappa shape index (κ2) is 5.62. The first-order valence-electron chi connectivity index (χ1n) is 6.64. The summed E-state index contributed by atoms with van der Waals surface area (Å²) in [6.07, 6.45) is 1.79. The first kappa shape index (κ1) is 13.7. The number of nitrogens with one attached hydrogen (secondary N) is 1. The molecule has 1 heterocycles. The summed E-state index contributed by atoms with van der Waals surface area (Å²) in [5.74, 6) is 0.836. The van der Waals surface area contributed by atoms with E-state index in [0.717, 1.165) is 38.6 Å². The number of pyridine rings is 1. The summed E-state index contributed by atoms with van der Waals surface area (Å²) in [6, 6.07) is 13.7. The average molecular weight is 299 g/mol. The standard InChI is InChI=1S/C17H15ClN2O/c1-11-15(18)8-7-14-16(9-10-19-17(11)14)20-12-3-5-13(21-2)6-4-12/h3-10H,1-2H3,(H,19,20). The highest BCUT2D eigenvalue weighted by Gasteiger charge is 2.07. The molecular weight excluding hydrogens is 284 g/mol. The van der Waals surface area contributed by atoms with Crippen molar-refractivity contribution in [2.45, 2.75) is 6.92 Å². The predicted octanol–water partition coefficient (Wildman–Crippen LogP) is 4.95. The zero-order valence-corrected chi connectivity index (χ0v) is 12.6. The van der Waals surface area contributed by atoms with Crippen molar-refractivity contribution in [2.75, 3.05) is 12.4 Å². The second-order valence-electron chi connectivity index (χ2n) is 4.78. The van der Waals surface area contributed by atoms with Crippen molar-refractivity contribution >= 4 is 33.9 Å². The topological polar surface area (TPSA) is 34.1 Å². The summed E-state index contributed by atoms with van der Waals surface area (Å²) in [7, 11) is 1.66. The molecule has 0 aliphatic rings. The Morgan fingerprint density at radius 2 is 1.81 bits per heavy atom. The van der Waals surface area contributed by atoms with Crippen LogP contribution in [0.25, 0.3) is 10.9 Å². The van der Waals surface area contributed by atoms with Crippen LogP contribution in [0, 0.1) is 6.92 Å². The molecule has 1 N–H and O–H groups in total. The Hall–Kier alpha value is -2.26. The van der Waals surface area contributed by atoms with Crippen molar-refractivity contribution in [3.05, 3.63) is 59.2 Å². The SMILES string of the molecule is COc1ccc(Nc2ccnc3c(C)c(Cl)ccc23)cc1. The highest BCUT2D eigenvalue weighted by atomic mass is 35.5. The molecule has 3 rings (SSSR count). The third kappa shape index (κ3) is 2.65. The number of halogens is 1. The number of fused-ring (bicyclic) bond motifs is 1. The molecule has 0 fully saturated rings. The van der Waals surface area contributed by atoms with Crippen LogP contribution in [-0.2, 0) is 0 Å². The van der Waals surface area contributed by atoms with E-state index >= 15 is 0 Å². The Kier molecular flexibility index (Phi) is 3.67. The summed E-state index contributed by atoms with van der Waals surface area (Å²) in [5.41, 5.74) is 3.91. The van der Waals surface area contributed by atoms with Crippen molar-refractivity contribution in [3.8, 4) is 5.75 Å². The van der Waals surface area contributed by atoms with Gasteiger partial charge in [0.2, 0.25) is 0 Å². The van der Waals surface area contributed by atoms with Gasteiger partial charge in [0.25, 0.3) is 0 Å². The van der Waals surface area contributed by atoms with Gasteiger partial charge in [-0.1, -0.05) is 11.6 Å². The Labute approximate surface area is 128 Å². The summed E-state index contributed by atoms with van der Waals surface area (Å²) < 4.78 is 5.17. The molecule has 0 atom stereocenters. The zero-order valence-electron chi connectivity index (χ0n) is 11.9. The van der Waals surface area contributed by atoms with E-state index in [2.05, 4.69) is 10.3 Å². The highest BCUT2D eigenvalue weighted by molar-refractivity contribution is 6.32. The fourth-order valence-electron chi connectivity index (χ4n) is 2.27. The first-order valence-corrected chi connectivity index (χ1v) is 7.02. The molecule has 0 bridgehead atoms. The molecule has 21 heavy (non-hydrogen) atoms. The number of hydrogen-bond acceptors (Lipinski definition) is 3. The normalized spacial score (nSPS) is 10.6. The summed E-state index contributed by atoms with van der Waals surface area (Å²) in [6.45, 7) is 1.98. The van der Waals surface area contributed by atoms with Gasteiger partial charge in [-0.2, -0.15) is 0 Å². The largest absolute Gasteiger partial charge is 0.497 e. The zero-order chi connectivity index (χ0) is 14.8. The molecule has 4 heteroatoms. The second-order valence-corrected chi connectivity index (χ2v) is 5.19. The van der Waals surface area contributed by atoms with Gasteiger partial charge in [0, 0.05) is 28.0 Å². The molecular formula is C17H15ClN2O. The van der Waals surface area contributed by atoms with Gasteiger partial charge >= 0.3 is 0 Å². The Morgan fingerprint density at radius 1 is 1.05 bits per heavy atom. The van der Waals surface area contributed by atoms with Crippen LogP contribution >= 0.6 is 11.6 Å². The molecule has 0 saturated heterocycles. The summed E-state index contributed by atoms with van der Waals surface area (Å²) in [5, 5.41) is 5.19. The van der Waals surface area contributed by atoms with Crippen molar-refractivity contribution in [2.24, 2.45) is 0 Å². The van der Waals surface area contributed by atoms with E-state index in [-0.39, 0.29) is 0 Å². The molecule has 3 nitrogen and oxygen atoms in total. The molecule has 2 aromatic carbocycles. The molecule has 0 aliphatic heterocycles. The molecule has 0 radical (unpaired) electrons. The van der Waals surface area contributed by atoms with Crippen molar-refractivity contribution < 1.29 is 4.74 Å². The smallest absolute Gasteiger partial charge is 0.119 e. The van der Waals surface area contributed by atoms with Gasteiger partial charge in [-0.25, -0.2) is 0 Å². The summed E-state index contributed by atoms with van der Waals surface area (Å²) in [4.78, 5) is 4.43. The number of hydrogen-bond donors (Lipinski definition) is 1. The van der Waals surface area contributed by atoms with E-state index in [9.17, 15) is 0 Å². The highest BCUT2D eigenvalue weighted by Crippen LogP contribution is 2.30. The van der Waals surface area contributed by atoms with Gasteiger partial charge < -0.3 is 10.1 Å². The maximum Gasteiger partial charge on any atom is 0.119 e. The molecule has 0 saturated carbocycles. The van der Waals surface area contributed by atoms with Crippen LogP contribution in [0.3, 0.4) is 0 Å². The Balaban J connectivity index is 2.02. The lowest BCUT2D eigenvalue weighted by molar-refractivity contribution is 0.415. The molecule has 1 aromatic heterocycles. The van der Waals surface area contributed by atoms with Crippen molar-refractivity contribution in [3.63, 3.8) is 0 Å². The van der Waals surface area contributed by atoms with E-state index in [0.29, 0.717) is 0 Å². The van der Waals surface area contributed by atoms with Crippen LogP contribution in [0.2, 0.25) is 5.02 Å². The molecule has 0 unspecified atom stereocenters. The van der Waals surface area contributed by atoms with E-state index < -0.39 is 0 Å². The van der Waals surface area contributed by atoms with E-state index in [1.807, 2.05) is 49.4 Å². The number of aryl methyl sites for hydroxylation is 1. The van der Waals surface area contributed by atoms with Crippen LogP contribution in [0.15, 0.2) is 48.7 Å².